The fraction of sp³-hybridized carbons (Fsp3) is 0.667. The monoisotopic (exact) mass is 274 g/mol. The molecule has 0 radical (unpaired) electrons. The van der Waals surface area contributed by atoms with E-state index in [0.29, 0.717) is 0 Å². The summed E-state index contributed by atoms with van der Waals surface area (Å²) in [5.41, 5.74) is -0.216. The van der Waals surface area contributed by atoms with Crippen molar-refractivity contribution in [3.05, 3.63) is 26.9 Å². The molecular formula is C12H16Cl2N2O. The molecule has 0 amide bonds. The molecule has 0 unspecified atom stereocenters. The van der Waals surface area contributed by atoms with Gasteiger partial charge in [0.25, 0.3) is 5.56 Å². The second kappa shape index (κ2) is 5.40. The molecule has 1 aromatic heterocycles. The van der Waals surface area contributed by atoms with Crippen molar-refractivity contribution in [3.8, 4) is 0 Å². The minimum absolute atomic E-state index is 0.0341. The Balaban J connectivity index is 2.19. The fourth-order valence-corrected chi connectivity index (χ4v) is 2.79. The highest BCUT2D eigenvalue weighted by atomic mass is 35.5. The third-order valence-electron chi connectivity index (χ3n) is 3.69. The lowest BCUT2D eigenvalue weighted by atomic mass is 9.84. The zero-order valence-corrected chi connectivity index (χ0v) is 11.3. The molecule has 17 heavy (non-hydrogen) atoms. The number of nitrogens with zero attached hydrogens (tertiary/aromatic N) is 2. The minimum atomic E-state index is -0.216. The number of aromatic nitrogens is 2. The lowest BCUT2D eigenvalue weighted by molar-refractivity contribution is 0.264. The summed E-state index contributed by atoms with van der Waals surface area (Å²) in [6.07, 6.45) is 7.15. The average molecular weight is 275 g/mol. The van der Waals surface area contributed by atoms with E-state index >= 15 is 0 Å². The first-order valence-corrected chi connectivity index (χ1v) is 6.81. The van der Waals surface area contributed by atoms with Crippen molar-refractivity contribution in [3.63, 3.8) is 0 Å². The molecule has 0 bridgehead atoms. The summed E-state index contributed by atoms with van der Waals surface area (Å²) in [7, 11) is 0. The van der Waals surface area contributed by atoms with Gasteiger partial charge in [-0.3, -0.25) is 9.36 Å². The maximum atomic E-state index is 11.9. The molecule has 0 spiro atoms. The zero-order valence-electron chi connectivity index (χ0n) is 9.83. The Bertz CT molecular complexity index is 450. The first kappa shape index (κ1) is 12.9. The molecule has 0 N–H and O–H groups in total. The summed E-state index contributed by atoms with van der Waals surface area (Å²) in [5.74, 6) is 0.803. The number of hydrogen-bond acceptors (Lipinski definition) is 2. The molecule has 5 heteroatoms. The summed E-state index contributed by atoms with van der Waals surface area (Å²) < 4.78 is 1.64. The van der Waals surface area contributed by atoms with Crippen molar-refractivity contribution < 1.29 is 0 Å². The van der Waals surface area contributed by atoms with Gasteiger partial charge >= 0.3 is 0 Å². The molecule has 1 aromatic rings. The molecule has 0 aromatic carbocycles. The van der Waals surface area contributed by atoms with Gasteiger partial charge in [-0.1, -0.05) is 36.5 Å². The molecule has 0 saturated heterocycles. The highest BCUT2D eigenvalue weighted by Gasteiger charge is 2.23. The third-order valence-corrected chi connectivity index (χ3v) is 4.41. The molecule has 1 heterocycles. The van der Waals surface area contributed by atoms with Gasteiger partial charge < -0.3 is 0 Å². The lowest BCUT2D eigenvalue weighted by Gasteiger charge is -2.28. The molecule has 2 rings (SSSR count). The molecule has 1 fully saturated rings. The van der Waals surface area contributed by atoms with E-state index in [2.05, 4.69) is 11.9 Å². The topological polar surface area (TPSA) is 34.9 Å². The van der Waals surface area contributed by atoms with Crippen LogP contribution < -0.4 is 5.56 Å². The third kappa shape index (κ3) is 2.66. The van der Waals surface area contributed by atoms with Crippen molar-refractivity contribution >= 4 is 23.2 Å². The standard InChI is InChI=1S/C12H16Cl2N2O/c1-2-8-3-5-9(6-4-8)16-7-15-11(14)10(13)12(16)17/h7-9H,2-6H2,1H3. The fourth-order valence-electron chi connectivity index (χ4n) is 2.51. The summed E-state index contributed by atoms with van der Waals surface area (Å²) in [4.78, 5) is 15.9. The van der Waals surface area contributed by atoms with E-state index in [9.17, 15) is 4.79 Å². The predicted molar refractivity (Wildman–Crippen MR) is 69.8 cm³/mol. The maximum absolute atomic E-state index is 11.9. The summed E-state index contributed by atoms with van der Waals surface area (Å²) in [6, 6.07) is 0.229. The second-order valence-electron chi connectivity index (χ2n) is 4.64. The Morgan fingerprint density at radius 2 is 2.00 bits per heavy atom. The van der Waals surface area contributed by atoms with Gasteiger partial charge in [-0.15, -0.1) is 0 Å². The Morgan fingerprint density at radius 1 is 1.35 bits per heavy atom. The maximum Gasteiger partial charge on any atom is 0.273 e. The zero-order chi connectivity index (χ0) is 12.4. The Morgan fingerprint density at radius 3 is 2.59 bits per heavy atom. The Labute approximate surface area is 111 Å². The van der Waals surface area contributed by atoms with Crippen LogP contribution in [0, 0.1) is 5.92 Å². The van der Waals surface area contributed by atoms with Crippen LogP contribution in [0.25, 0.3) is 0 Å². The number of rotatable bonds is 2. The first-order chi connectivity index (χ1) is 8.13. The van der Waals surface area contributed by atoms with Crippen LogP contribution in [0.3, 0.4) is 0 Å². The van der Waals surface area contributed by atoms with Crippen LogP contribution in [0.4, 0.5) is 0 Å². The first-order valence-electron chi connectivity index (χ1n) is 6.05. The summed E-state index contributed by atoms with van der Waals surface area (Å²) in [5, 5.41) is 0.127. The van der Waals surface area contributed by atoms with Crippen LogP contribution in [-0.2, 0) is 0 Å². The van der Waals surface area contributed by atoms with Gasteiger partial charge in [-0.25, -0.2) is 4.98 Å². The van der Waals surface area contributed by atoms with Crippen LogP contribution in [0.5, 0.6) is 0 Å². The van der Waals surface area contributed by atoms with Crippen molar-refractivity contribution in [1.82, 2.24) is 9.55 Å². The normalized spacial score (nSPS) is 24.9. The van der Waals surface area contributed by atoms with Crippen molar-refractivity contribution in [2.75, 3.05) is 0 Å². The van der Waals surface area contributed by atoms with Crippen molar-refractivity contribution in [2.24, 2.45) is 5.92 Å². The van der Waals surface area contributed by atoms with Gasteiger partial charge in [0.15, 0.2) is 5.15 Å². The van der Waals surface area contributed by atoms with E-state index in [1.807, 2.05) is 0 Å². The van der Waals surface area contributed by atoms with E-state index in [0.717, 1.165) is 18.8 Å². The van der Waals surface area contributed by atoms with Gasteiger partial charge in [-0.05, 0) is 31.6 Å². The van der Waals surface area contributed by atoms with Gasteiger partial charge in [0, 0.05) is 6.04 Å². The van der Waals surface area contributed by atoms with Crippen LogP contribution in [0.15, 0.2) is 11.1 Å². The highest BCUT2D eigenvalue weighted by molar-refractivity contribution is 6.40. The van der Waals surface area contributed by atoms with Crippen LogP contribution in [-0.4, -0.2) is 9.55 Å². The smallest absolute Gasteiger partial charge is 0.273 e. The van der Waals surface area contributed by atoms with Gasteiger partial charge in [0.1, 0.15) is 5.02 Å². The molecule has 0 atom stereocenters. The van der Waals surface area contributed by atoms with Gasteiger partial charge in [0.05, 0.1) is 6.33 Å². The molecule has 0 aliphatic heterocycles. The molecular weight excluding hydrogens is 259 g/mol. The summed E-state index contributed by atoms with van der Waals surface area (Å²) >= 11 is 11.5. The second-order valence-corrected chi connectivity index (χ2v) is 5.38. The molecule has 94 valence electrons. The van der Waals surface area contributed by atoms with Gasteiger partial charge in [-0.2, -0.15) is 0 Å². The van der Waals surface area contributed by atoms with Crippen LogP contribution >= 0.6 is 23.2 Å². The van der Waals surface area contributed by atoms with Crippen molar-refractivity contribution in [1.29, 1.82) is 0 Å². The molecule has 3 nitrogen and oxygen atoms in total. The molecule has 1 aliphatic rings. The molecule has 1 aliphatic carbocycles. The lowest BCUT2D eigenvalue weighted by Crippen LogP contribution is -2.28. The average Bonchev–Trinajstić information content (AvgIpc) is 2.36. The number of halogens is 2. The van der Waals surface area contributed by atoms with Crippen molar-refractivity contribution in [2.45, 2.75) is 45.1 Å². The van der Waals surface area contributed by atoms with Gasteiger partial charge in [0.2, 0.25) is 0 Å². The number of hydrogen-bond donors (Lipinski definition) is 0. The minimum Gasteiger partial charge on any atom is -0.295 e. The van der Waals surface area contributed by atoms with E-state index < -0.39 is 0 Å². The van der Waals surface area contributed by atoms with E-state index in [4.69, 9.17) is 23.2 Å². The molecule has 1 saturated carbocycles. The van der Waals surface area contributed by atoms with E-state index in [-0.39, 0.29) is 21.8 Å². The Hall–Kier alpha value is -0.540. The predicted octanol–water partition coefficient (Wildman–Crippen LogP) is 3.69. The van der Waals surface area contributed by atoms with E-state index in [1.165, 1.54) is 25.6 Å². The summed E-state index contributed by atoms with van der Waals surface area (Å²) in [6.45, 7) is 2.22. The van der Waals surface area contributed by atoms with E-state index in [1.54, 1.807) is 4.57 Å². The quantitative estimate of drug-likeness (QED) is 0.771. The Kier molecular flexibility index (Phi) is 4.10. The van der Waals surface area contributed by atoms with Crippen LogP contribution in [0.1, 0.15) is 45.1 Å². The largest absolute Gasteiger partial charge is 0.295 e. The highest BCUT2D eigenvalue weighted by Crippen LogP contribution is 2.33. The SMILES string of the molecule is CCC1CCC(n2cnc(Cl)c(Cl)c2=O)CC1. The van der Waals surface area contributed by atoms with Crippen LogP contribution in [0.2, 0.25) is 10.2 Å².